The van der Waals surface area contributed by atoms with Gasteiger partial charge in [0.25, 0.3) is 5.91 Å². The number of hydrogen-bond acceptors (Lipinski definition) is 2. The SMILES string of the molecule is CN1C(=O)C(=Cc2cn(-c3ccccc3)nc2-c2ccccc2)c2ccccc21. The summed E-state index contributed by atoms with van der Waals surface area (Å²) in [5.41, 5.74) is 6.32. The zero-order chi connectivity index (χ0) is 19.8. The van der Waals surface area contributed by atoms with Crippen LogP contribution < -0.4 is 4.90 Å². The van der Waals surface area contributed by atoms with Crippen LogP contribution >= 0.6 is 0 Å². The highest BCUT2D eigenvalue weighted by Gasteiger charge is 2.29. The van der Waals surface area contributed by atoms with E-state index in [9.17, 15) is 4.79 Å². The number of rotatable bonds is 3. The first-order chi connectivity index (χ1) is 14.2. The second kappa shape index (κ2) is 6.91. The molecular formula is C25H19N3O. The number of carbonyl (C=O) groups excluding carboxylic acids is 1. The maximum atomic E-state index is 12.9. The Bertz CT molecular complexity index is 1220. The van der Waals surface area contributed by atoms with Crippen molar-refractivity contribution < 1.29 is 4.79 Å². The van der Waals surface area contributed by atoms with Crippen LogP contribution in [0.1, 0.15) is 11.1 Å². The third-order valence-corrected chi connectivity index (χ3v) is 5.20. The van der Waals surface area contributed by atoms with Gasteiger partial charge in [-0.25, -0.2) is 4.68 Å². The highest BCUT2D eigenvalue weighted by Crippen LogP contribution is 2.37. The summed E-state index contributed by atoms with van der Waals surface area (Å²) in [5, 5.41) is 4.84. The van der Waals surface area contributed by atoms with Crippen molar-refractivity contribution in [1.29, 1.82) is 0 Å². The standard InChI is InChI=1S/C25H19N3O/c1-27-23-15-9-8-14-21(23)22(25(27)29)16-19-17-28(20-12-6-3-7-13-20)26-24(19)18-10-4-2-5-11-18/h2-17H,1H3. The average Bonchev–Trinajstić information content (AvgIpc) is 3.31. The Balaban J connectivity index is 1.70. The van der Waals surface area contributed by atoms with Crippen LogP contribution in [0, 0.1) is 0 Å². The number of likely N-dealkylation sites (N-methyl/N-ethyl adjacent to an activating group) is 1. The van der Waals surface area contributed by atoms with Gasteiger partial charge in [-0.15, -0.1) is 0 Å². The molecule has 0 aliphatic carbocycles. The molecule has 0 spiro atoms. The summed E-state index contributed by atoms with van der Waals surface area (Å²) in [6.45, 7) is 0. The fourth-order valence-electron chi connectivity index (χ4n) is 3.72. The second-order valence-corrected chi connectivity index (χ2v) is 7.02. The Hall–Kier alpha value is -3.92. The van der Waals surface area contributed by atoms with E-state index in [0.717, 1.165) is 33.8 Å². The second-order valence-electron chi connectivity index (χ2n) is 7.02. The summed E-state index contributed by atoms with van der Waals surface area (Å²) in [5.74, 6) is -0.00215. The smallest absolute Gasteiger partial charge is 0.258 e. The van der Waals surface area contributed by atoms with Crippen molar-refractivity contribution in [1.82, 2.24) is 9.78 Å². The van der Waals surface area contributed by atoms with E-state index in [1.165, 1.54) is 0 Å². The molecule has 0 fully saturated rings. The molecule has 1 aliphatic rings. The zero-order valence-electron chi connectivity index (χ0n) is 16.0. The third kappa shape index (κ3) is 2.95. The zero-order valence-corrected chi connectivity index (χ0v) is 16.0. The molecule has 1 aromatic heterocycles. The monoisotopic (exact) mass is 377 g/mol. The Labute approximate surface area is 169 Å². The van der Waals surface area contributed by atoms with Crippen molar-refractivity contribution in [2.45, 2.75) is 0 Å². The van der Waals surface area contributed by atoms with Crippen LogP contribution in [0.2, 0.25) is 0 Å². The molecule has 4 nitrogen and oxygen atoms in total. The van der Waals surface area contributed by atoms with Crippen LogP contribution in [0.3, 0.4) is 0 Å². The van der Waals surface area contributed by atoms with Gasteiger partial charge in [0, 0.05) is 35.5 Å². The number of carbonyl (C=O) groups is 1. The van der Waals surface area contributed by atoms with Gasteiger partial charge >= 0.3 is 0 Å². The van der Waals surface area contributed by atoms with Crippen molar-refractivity contribution in [3.05, 3.63) is 102 Å². The number of nitrogens with zero attached hydrogens (tertiary/aromatic N) is 3. The molecule has 0 bridgehead atoms. The van der Waals surface area contributed by atoms with Gasteiger partial charge < -0.3 is 4.90 Å². The van der Waals surface area contributed by atoms with E-state index in [1.807, 2.05) is 109 Å². The number of anilines is 1. The van der Waals surface area contributed by atoms with E-state index in [1.54, 1.807) is 4.90 Å². The minimum atomic E-state index is -0.00215. The molecule has 0 saturated carbocycles. The van der Waals surface area contributed by atoms with E-state index in [2.05, 4.69) is 0 Å². The fraction of sp³-hybridized carbons (Fsp3) is 0.0400. The van der Waals surface area contributed by atoms with Crippen LogP contribution in [-0.4, -0.2) is 22.7 Å². The largest absolute Gasteiger partial charge is 0.311 e. The van der Waals surface area contributed by atoms with Crippen molar-refractivity contribution >= 4 is 23.2 Å². The first kappa shape index (κ1) is 17.2. The van der Waals surface area contributed by atoms with E-state index in [-0.39, 0.29) is 5.91 Å². The third-order valence-electron chi connectivity index (χ3n) is 5.20. The maximum absolute atomic E-state index is 12.9. The normalized spacial score (nSPS) is 14.4. The quantitative estimate of drug-likeness (QED) is 0.468. The maximum Gasteiger partial charge on any atom is 0.258 e. The molecule has 0 radical (unpaired) electrons. The Kier molecular flexibility index (Phi) is 4.10. The van der Waals surface area contributed by atoms with Crippen LogP contribution in [0.15, 0.2) is 91.1 Å². The molecule has 0 N–H and O–H groups in total. The van der Waals surface area contributed by atoms with Gasteiger partial charge in [-0.3, -0.25) is 4.79 Å². The number of amides is 1. The number of para-hydroxylation sites is 2. The lowest BCUT2D eigenvalue weighted by Crippen LogP contribution is -2.20. The highest BCUT2D eigenvalue weighted by molar-refractivity contribution is 6.35. The van der Waals surface area contributed by atoms with Crippen LogP contribution in [-0.2, 0) is 4.79 Å². The predicted octanol–water partition coefficient (Wildman–Crippen LogP) is 5.06. The van der Waals surface area contributed by atoms with Gasteiger partial charge in [0.15, 0.2) is 0 Å². The van der Waals surface area contributed by atoms with E-state index >= 15 is 0 Å². The summed E-state index contributed by atoms with van der Waals surface area (Å²) >= 11 is 0. The Morgan fingerprint density at radius 3 is 2.24 bits per heavy atom. The fourth-order valence-corrected chi connectivity index (χ4v) is 3.72. The van der Waals surface area contributed by atoms with E-state index < -0.39 is 0 Å². The number of benzene rings is 3. The van der Waals surface area contributed by atoms with Crippen LogP contribution in [0.5, 0.6) is 0 Å². The minimum absolute atomic E-state index is 0.00215. The molecule has 1 amide bonds. The molecule has 4 aromatic rings. The molecule has 0 saturated heterocycles. The van der Waals surface area contributed by atoms with E-state index in [4.69, 9.17) is 5.10 Å². The lowest BCUT2D eigenvalue weighted by atomic mass is 10.0. The molecule has 140 valence electrons. The minimum Gasteiger partial charge on any atom is -0.311 e. The Morgan fingerprint density at radius 1 is 0.828 bits per heavy atom. The predicted molar refractivity (Wildman–Crippen MR) is 117 cm³/mol. The summed E-state index contributed by atoms with van der Waals surface area (Å²) in [4.78, 5) is 14.6. The lowest BCUT2D eigenvalue weighted by molar-refractivity contribution is -0.112. The number of hydrogen-bond donors (Lipinski definition) is 0. The lowest BCUT2D eigenvalue weighted by Gasteiger charge is -2.07. The van der Waals surface area contributed by atoms with Gasteiger partial charge in [0.1, 0.15) is 0 Å². The van der Waals surface area contributed by atoms with Crippen LogP contribution in [0.4, 0.5) is 5.69 Å². The molecule has 29 heavy (non-hydrogen) atoms. The first-order valence-electron chi connectivity index (χ1n) is 9.52. The molecule has 2 heterocycles. The van der Waals surface area contributed by atoms with Gasteiger partial charge in [0.2, 0.25) is 0 Å². The van der Waals surface area contributed by atoms with Gasteiger partial charge in [-0.2, -0.15) is 5.10 Å². The molecule has 0 atom stereocenters. The summed E-state index contributed by atoms with van der Waals surface area (Å²) < 4.78 is 1.86. The number of aromatic nitrogens is 2. The van der Waals surface area contributed by atoms with Crippen LogP contribution in [0.25, 0.3) is 28.6 Å². The van der Waals surface area contributed by atoms with E-state index in [0.29, 0.717) is 5.57 Å². The highest BCUT2D eigenvalue weighted by atomic mass is 16.2. The summed E-state index contributed by atoms with van der Waals surface area (Å²) in [7, 11) is 1.81. The molecule has 5 rings (SSSR count). The molecule has 3 aromatic carbocycles. The van der Waals surface area contributed by atoms with Crippen molar-refractivity contribution in [2.24, 2.45) is 0 Å². The summed E-state index contributed by atoms with van der Waals surface area (Å²) in [6, 6.07) is 27.9. The van der Waals surface area contributed by atoms with Gasteiger partial charge in [-0.1, -0.05) is 66.7 Å². The Morgan fingerprint density at radius 2 is 1.48 bits per heavy atom. The molecule has 0 unspecified atom stereocenters. The van der Waals surface area contributed by atoms with Crippen molar-refractivity contribution in [3.8, 4) is 16.9 Å². The summed E-state index contributed by atoms with van der Waals surface area (Å²) in [6.07, 6.45) is 3.94. The van der Waals surface area contributed by atoms with Gasteiger partial charge in [-0.05, 0) is 24.3 Å². The molecule has 1 aliphatic heterocycles. The molecule has 4 heteroatoms. The average molecular weight is 377 g/mol. The van der Waals surface area contributed by atoms with Crippen molar-refractivity contribution in [3.63, 3.8) is 0 Å². The topological polar surface area (TPSA) is 38.1 Å². The number of fused-ring (bicyclic) bond motifs is 1. The first-order valence-corrected chi connectivity index (χ1v) is 9.52. The van der Waals surface area contributed by atoms with Crippen molar-refractivity contribution in [2.75, 3.05) is 11.9 Å². The molecular weight excluding hydrogens is 358 g/mol. The van der Waals surface area contributed by atoms with Gasteiger partial charge in [0.05, 0.1) is 17.1 Å².